The molecule has 0 radical (unpaired) electrons. The molecule has 13 heavy (non-hydrogen) atoms. The average molecular weight is 184 g/mol. The fourth-order valence-corrected chi connectivity index (χ4v) is 2.28. The van der Waals surface area contributed by atoms with Gasteiger partial charge in [0.25, 0.3) is 0 Å². The summed E-state index contributed by atoms with van der Waals surface area (Å²) in [5, 5.41) is 3.51. The second-order valence-electron chi connectivity index (χ2n) is 4.60. The van der Waals surface area contributed by atoms with E-state index in [2.05, 4.69) is 19.2 Å². The molecule has 0 aromatic heterocycles. The first-order chi connectivity index (χ1) is 6.24. The SMILES string of the molecule is CC(C)C1CCC(NCCN)CC1. The van der Waals surface area contributed by atoms with Crippen LogP contribution in [0.5, 0.6) is 0 Å². The molecule has 0 aromatic rings. The van der Waals surface area contributed by atoms with Crippen LogP contribution in [0, 0.1) is 11.8 Å². The molecular weight excluding hydrogens is 160 g/mol. The largest absolute Gasteiger partial charge is 0.329 e. The highest BCUT2D eigenvalue weighted by Gasteiger charge is 2.22. The zero-order valence-electron chi connectivity index (χ0n) is 9.05. The summed E-state index contributed by atoms with van der Waals surface area (Å²) in [6.07, 6.45) is 5.51. The number of nitrogens with one attached hydrogen (secondary N) is 1. The molecule has 0 bridgehead atoms. The Kier molecular flexibility index (Phi) is 4.74. The Morgan fingerprint density at radius 3 is 2.31 bits per heavy atom. The van der Waals surface area contributed by atoms with Crippen molar-refractivity contribution in [3.8, 4) is 0 Å². The third-order valence-electron chi connectivity index (χ3n) is 3.29. The first-order valence-electron chi connectivity index (χ1n) is 5.67. The number of rotatable bonds is 4. The molecular formula is C11H24N2. The molecule has 0 unspecified atom stereocenters. The molecule has 1 aliphatic rings. The molecule has 0 saturated heterocycles. The molecule has 3 N–H and O–H groups in total. The van der Waals surface area contributed by atoms with Gasteiger partial charge in [-0.05, 0) is 37.5 Å². The highest BCUT2D eigenvalue weighted by molar-refractivity contribution is 4.78. The molecule has 0 spiro atoms. The van der Waals surface area contributed by atoms with Gasteiger partial charge in [-0.15, -0.1) is 0 Å². The second kappa shape index (κ2) is 5.61. The van der Waals surface area contributed by atoms with Crippen molar-refractivity contribution in [2.24, 2.45) is 17.6 Å². The normalized spacial score (nSPS) is 29.5. The van der Waals surface area contributed by atoms with Gasteiger partial charge >= 0.3 is 0 Å². The second-order valence-corrected chi connectivity index (χ2v) is 4.60. The van der Waals surface area contributed by atoms with Crippen LogP contribution in [-0.4, -0.2) is 19.1 Å². The number of hydrogen-bond acceptors (Lipinski definition) is 2. The van der Waals surface area contributed by atoms with Gasteiger partial charge in [0, 0.05) is 19.1 Å². The zero-order valence-corrected chi connectivity index (χ0v) is 9.05. The standard InChI is InChI=1S/C11H24N2/c1-9(2)10-3-5-11(6-4-10)13-8-7-12/h9-11,13H,3-8,12H2,1-2H3. The summed E-state index contributed by atoms with van der Waals surface area (Å²) in [4.78, 5) is 0. The maximum Gasteiger partial charge on any atom is 0.00770 e. The van der Waals surface area contributed by atoms with Crippen LogP contribution < -0.4 is 11.1 Å². The molecule has 1 aliphatic carbocycles. The van der Waals surface area contributed by atoms with E-state index in [9.17, 15) is 0 Å². The van der Waals surface area contributed by atoms with E-state index in [1.165, 1.54) is 25.7 Å². The Bertz CT molecular complexity index is 126. The fraction of sp³-hybridized carbons (Fsp3) is 1.00. The first kappa shape index (κ1) is 11.0. The molecule has 0 aliphatic heterocycles. The molecule has 0 heterocycles. The van der Waals surface area contributed by atoms with Crippen LogP contribution >= 0.6 is 0 Å². The van der Waals surface area contributed by atoms with Crippen molar-refractivity contribution < 1.29 is 0 Å². The molecule has 0 atom stereocenters. The van der Waals surface area contributed by atoms with Gasteiger partial charge in [-0.2, -0.15) is 0 Å². The molecule has 0 aromatic carbocycles. The third kappa shape index (κ3) is 3.65. The average Bonchev–Trinajstić information content (AvgIpc) is 2.15. The lowest BCUT2D eigenvalue weighted by Crippen LogP contribution is -2.36. The van der Waals surface area contributed by atoms with Crippen molar-refractivity contribution in [1.82, 2.24) is 5.32 Å². The lowest BCUT2D eigenvalue weighted by molar-refractivity contribution is 0.240. The summed E-state index contributed by atoms with van der Waals surface area (Å²) in [5.41, 5.74) is 5.46. The Balaban J connectivity index is 2.15. The zero-order chi connectivity index (χ0) is 9.68. The van der Waals surface area contributed by atoms with Crippen molar-refractivity contribution in [2.45, 2.75) is 45.6 Å². The first-order valence-corrected chi connectivity index (χ1v) is 5.67. The van der Waals surface area contributed by atoms with E-state index >= 15 is 0 Å². The van der Waals surface area contributed by atoms with Gasteiger partial charge in [-0.1, -0.05) is 13.8 Å². The third-order valence-corrected chi connectivity index (χ3v) is 3.29. The lowest BCUT2D eigenvalue weighted by Gasteiger charge is -2.31. The van der Waals surface area contributed by atoms with Gasteiger partial charge in [0.05, 0.1) is 0 Å². The number of hydrogen-bond donors (Lipinski definition) is 2. The van der Waals surface area contributed by atoms with Crippen LogP contribution in [0.2, 0.25) is 0 Å². The topological polar surface area (TPSA) is 38.0 Å². The van der Waals surface area contributed by atoms with E-state index in [4.69, 9.17) is 5.73 Å². The molecule has 1 fully saturated rings. The van der Waals surface area contributed by atoms with Gasteiger partial charge in [-0.3, -0.25) is 0 Å². The van der Waals surface area contributed by atoms with E-state index < -0.39 is 0 Å². The predicted molar refractivity (Wildman–Crippen MR) is 57.6 cm³/mol. The summed E-state index contributed by atoms with van der Waals surface area (Å²) in [5.74, 6) is 1.84. The minimum absolute atomic E-state index is 0.749. The van der Waals surface area contributed by atoms with Crippen LogP contribution in [0.1, 0.15) is 39.5 Å². The Labute approximate surface area is 82.3 Å². The summed E-state index contributed by atoms with van der Waals surface area (Å²) in [6.45, 7) is 6.44. The monoisotopic (exact) mass is 184 g/mol. The molecule has 78 valence electrons. The summed E-state index contributed by atoms with van der Waals surface area (Å²) < 4.78 is 0. The van der Waals surface area contributed by atoms with E-state index in [1.54, 1.807) is 0 Å². The van der Waals surface area contributed by atoms with Gasteiger partial charge in [-0.25, -0.2) is 0 Å². The van der Waals surface area contributed by atoms with Crippen LogP contribution in [0.25, 0.3) is 0 Å². The minimum Gasteiger partial charge on any atom is -0.329 e. The van der Waals surface area contributed by atoms with Crippen LogP contribution in [0.15, 0.2) is 0 Å². The molecule has 0 amide bonds. The van der Waals surface area contributed by atoms with Crippen molar-refractivity contribution >= 4 is 0 Å². The van der Waals surface area contributed by atoms with E-state index in [-0.39, 0.29) is 0 Å². The maximum absolute atomic E-state index is 5.46. The Morgan fingerprint density at radius 1 is 1.23 bits per heavy atom. The van der Waals surface area contributed by atoms with Crippen LogP contribution in [0.4, 0.5) is 0 Å². The van der Waals surface area contributed by atoms with Crippen LogP contribution in [0.3, 0.4) is 0 Å². The van der Waals surface area contributed by atoms with Gasteiger partial charge in [0.1, 0.15) is 0 Å². The predicted octanol–water partition coefficient (Wildman–Crippen LogP) is 1.75. The summed E-state index contributed by atoms with van der Waals surface area (Å²) in [6, 6.07) is 0.749. The molecule has 1 rings (SSSR count). The highest BCUT2D eigenvalue weighted by atomic mass is 14.9. The number of nitrogens with two attached hydrogens (primary N) is 1. The Morgan fingerprint density at radius 2 is 1.85 bits per heavy atom. The van der Waals surface area contributed by atoms with E-state index in [1.807, 2.05) is 0 Å². The fourth-order valence-electron chi connectivity index (χ4n) is 2.28. The minimum atomic E-state index is 0.749. The molecule has 2 nitrogen and oxygen atoms in total. The van der Waals surface area contributed by atoms with Crippen molar-refractivity contribution in [3.05, 3.63) is 0 Å². The summed E-state index contributed by atoms with van der Waals surface area (Å²) in [7, 11) is 0. The van der Waals surface area contributed by atoms with E-state index in [0.717, 1.165) is 31.0 Å². The quantitative estimate of drug-likeness (QED) is 0.698. The van der Waals surface area contributed by atoms with Gasteiger partial charge in [0.2, 0.25) is 0 Å². The maximum atomic E-state index is 5.46. The van der Waals surface area contributed by atoms with Crippen molar-refractivity contribution in [3.63, 3.8) is 0 Å². The molecule has 2 heteroatoms. The Hall–Kier alpha value is -0.0800. The highest BCUT2D eigenvalue weighted by Crippen LogP contribution is 2.29. The van der Waals surface area contributed by atoms with Crippen LogP contribution in [-0.2, 0) is 0 Å². The smallest absolute Gasteiger partial charge is 0.00770 e. The van der Waals surface area contributed by atoms with Crippen molar-refractivity contribution in [1.29, 1.82) is 0 Å². The van der Waals surface area contributed by atoms with Gasteiger partial charge < -0.3 is 11.1 Å². The summed E-state index contributed by atoms with van der Waals surface area (Å²) >= 11 is 0. The van der Waals surface area contributed by atoms with Gasteiger partial charge in [0.15, 0.2) is 0 Å². The molecule has 1 saturated carbocycles. The van der Waals surface area contributed by atoms with Crippen molar-refractivity contribution in [2.75, 3.05) is 13.1 Å². The van der Waals surface area contributed by atoms with E-state index in [0.29, 0.717) is 0 Å². The lowest BCUT2D eigenvalue weighted by atomic mass is 9.80.